The first-order valence-electron chi connectivity index (χ1n) is 4.17. The molecule has 0 aromatic rings. The minimum atomic E-state index is -1.56. The van der Waals surface area contributed by atoms with Crippen molar-refractivity contribution < 1.29 is 23.7 Å². The molecule has 0 aromatic heterocycles. The number of carboxylic acids is 1. The Kier molecular flexibility index (Phi) is 5.76. The summed E-state index contributed by atoms with van der Waals surface area (Å²) in [4.78, 5) is 31.8. The predicted molar refractivity (Wildman–Crippen MR) is 53.8 cm³/mol. The highest BCUT2D eigenvalue weighted by Gasteiger charge is 2.21. The molecule has 0 rings (SSSR count). The Hall–Kier alpha value is -1.24. The average Bonchev–Trinajstić information content (AvgIpc) is 1.99. The van der Waals surface area contributed by atoms with Crippen molar-refractivity contribution in [1.29, 1.82) is 0 Å². The number of carbonyl (C=O) groups is 3. The molecule has 0 saturated carbocycles. The van der Waals surface area contributed by atoms with Crippen LogP contribution in [0.2, 0.25) is 0 Å². The highest BCUT2D eigenvalue weighted by Crippen LogP contribution is 1.92. The minimum Gasteiger partial charge on any atom is -0.480 e. The third-order valence-corrected chi connectivity index (χ3v) is 2.83. The predicted octanol–water partition coefficient (Wildman–Crippen LogP) is -1.09. The van der Waals surface area contributed by atoms with Crippen molar-refractivity contribution in [3.05, 3.63) is 0 Å². The topological polar surface area (TPSA) is 101 Å². The molecule has 2 atom stereocenters. The van der Waals surface area contributed by atoms with E-state index < -0.39 is 28.7 Å². The van der Waals surface area contributed by atoms with E-state index in [1.807, 2.05) is 0 Å². The van der Waals surface area contributed by atoms with Crippen molar-refractivity contribution in [3.63, 3.8) is 0 Å². The summed E-state index contributed by atoms with van der Waals surface area (Å²) in [6, 6.07) is -1.21. The van der Waals surface area contributed by atoms with E-state index in [1.54, 1.807) is 0 Å². The van der Waals surface area contributed by atoms with E-state index in [2.05, 4.69) is 5.32 Å². The molecular weight excluding hydrogens is 222 g/mol. The summed E-state index contributed by atoms with van der Waals surface area (Å²) in [7, 11) is -1.56. The average molecular weight is 235 g/mol. The Morgan fingerprint density at radius 2 is 1.87 bits per heavy atom. The van der Waals surface area contributed by atoms with Gasteiger partial charge in [0.2, 0.25) is 5.91 Å². The zero-order valence-corrected chi connectivity index (χ0v) is 9.30. The molecule has 1 amide bonds. The van der Waals surface area contributed by atoms with Crippen LogP contribution < -0.4 is 5.32 Å². The lowest BCUT2D eigenvalue weighted by Gasteiger charge is -2.11. The lowest BCUT2D eigenvalue weighted by molar-refractivity contribution is -0.140. The van der Waals surface area contributed by atoms with Crippen LogP contribution in [-0.2, 0) is 25.2 Å². The van der Waals surface area contributed by atoms with Crippen LogP contribution in [-0.4, -0.2) is 44.5 Å². The maximum absolute atomic E-state index is 11.2. The van der Waals surface area contributed by atoms with Crippen LogP contribution in [0.5, 0.6) is 0 Å². The van der Waals surface area contributed by atoms with E-state index in [-0.39, 0.29) is 17.3 Å². The SMILES string of the molecule is CC(=O)CS(=O)C[C@H](NC(C)=O)C(=O)O. The quantitative estimate of drug-likeness (QED) is 0.609. The number of amides is 1. The molecule has 0 aliphatic heterocycles. The fraction of sp³-hybridized carbons (Fsp3) is 0.625. The molecule has 0 fully saturated rings. The van der Waals surface area contributed by atoms with Gasteiger partial charge in [0, 0.05) is 17.7 Å². The Labute approximate surface area is 89.5 Å². The van der Waals surface area contributed by atoms with Gasteiger partial charge in [0.1, 0.15) is 11.8 Å². The van der Waals surface area contributed by atoms with Gasteiger partial charge in [-0.15, -0.1) is 0 Å². The maximum atomic E-state index is 11.2. The minimum absolute atomic E-state index is 0.191. The number of carboxylic acid groups (broad SMARTS) is 1. The summed E-state index contributed by atoms with van der Waals surface area (Å²) in [5.74, 6) is -2.50. The van der Waals surface area contributed by atoms with Crippen LogP contribution in [0.1, 0.15) is 13.8 Å². The van der Waals surface area contributed by atoms with E-state index in [9.17, 15) is 18.6 Å². The van der Waals surface area contributed by atoms with Gasteiger partial charge in [-0.1, -0.05) is 0 Å². The van der Waals surface area contributed by atoms with Gasteiger partial charge in [0.05, 0.1) is 11.5 Å². The Bertz CT molecular complexity index is 301. The Balaban J connectivity index is 4.28. The zero-order chi connectivity index (χ0) is 12.0. The van der Waals surface area contributed by atoms with Crippen molar-refractivity contribution in [3.8, 4) is 0 Å². The molecule has 1 unspecified atom stereocenters. The molecule has 7 heteroatoms. The molecule has 0 saturated heterocycles. The molecule has 86 valence electrons. The lowest BCUT2D eigenvalue weighted by Crippen LogP contribution is -2.43. The molecule has 2 N–H and O–H groups in total. The van der Waals surface area contributed by atoms with E-state index in [0.29, 0.717) is 0 Å². The van der Waals surface area contributed by atoms with Crippen LogP contribution in [0.4, 0.5) is 0 Å². The van der Waals surface area contributed by atoms with Gasteiger partial charge in [-0.25, -0.2) is 4.79 Å². The fourth-order valence-electron chi connectivity index (χ4n) is 0.892. The summed E-state index contributed by atoms with van der Waals surface area (Å²) < 4.78 is 11.2. The van der Waals surface area contributed by atoms with Crippen molar-refractivity contribution >= 4 is 28.5 Å². The first-order valence-corrected chi connectivity index (χ1v) is 5.66. The number of hydrogen-bond acceptors (Lipinski definition) is 4. The summed E-state index contributed by atoms with van der Waals surface area (Å²) in [5.41, 5.74) is 0. The number of carbonyl (C=O) groups excluding carboxylic acids is 2. The van der Waals surface area contributed by atoms with Gasteiger partial charge in [-0.3, -0.25) is 13.8 Å². The second-order valence-corrected chi connectivity index (χ2v) is 4.55. The number of ketones is 1. The molecule has 0 spiro atoms. The third kappa shape index (κ3) is 6.78. The van der Waals surface area contributed by atoms with E-state index in [1.165, 1.54) is 13.8 Å². The van der Waals surface area contributed by atoms with Gasteiger partial charge in [-0.05, 0) is 6.92 Å². The largest absolute Gasteiger partial charge is 0.480 e. The first-order chi connectivity index (χ1) is 6.82. The summed E-state index contributed by atoms with van der Waals surface area (Å²) >= 11 is 0. The van der Waals surface area contributed by atoms with Crippen molar-refractivity contribution in [2.45, 2.75) is 19.9 Å². The van der Waals surface area contributed by atoms with Gasteiger partial charge >= 0.3 is 5.97 Å². The fourth-order valence-corrected chi connectivity index (χ4v) is 2.06. The highest BCUT2D eigenvalue weighted by atomic mass is 32.2. The standard InChI is InChI=1S/C8H13NO5S/c1-5(10)3-15(14)4-7(8(12)13)9-6(2)11/h7H,3-4H2,1-2H3,(H,9,11)(H,12,13)/t7-,15?/m0/s1. The van der Waals surface area contributed by atoms with E-state index in [4.69, 9.17) is 5.11 Å². The van der Waals surface area contributed by atoms with Crippen molar-refractivity contribution in [1.82, 2.24) is 5.32 Å². The van der Waals surface area contributed by atoms with E-state index in [0.717, 1.165) is 0 Å². The van der Waals surface area contributed by atoms with Crippen LogP contribution in [0, 0.1) is 0 Å². The van der Waals surface area contributed by atoms with Crippen molar-refractivity contribution in [2.75, 3.05) is 11.5 Å². The van der Waals surface area contributed by atoms with Gasteiger partial charge in [0.15, 0.2) is 0 Å². The van der Waals surface area contributed by atoms with Crippen LogP contribution in [0.3, 0.4) is 0 Å². The lowest BCUT2D eigenvalue weighted by atomic mass is 10.3. The number of aliphatic carboxylic acids is 1. The summed E-state index contributed by atoms with van der Waals surface area (Å²) in [6.07, 6.45) is 0. The zero-order valence-electron chi connectivity index (χ0n) is 8.48. The van der Waals surface area contributed by atoms with Gasteiger partial charge < -0.3 is 10.4 Å². The maximum Gasteiger partial charge on any atom is 0.327 e. The normalized spacial score (nSPS) is 14.0. The number of rotatable bonds is 6. The summed E-state index contributed by atoms with van der Waals surface area (Å²) in [5, 5.41) is 10.8. The van der Waals surface area contributed by atoms with Gasteiger partial charge in [0.25, 0.3) is 0 Å². The van der Waals surface area contributed by atoms with Crippen LogP contribution in [0.15, 0.2) is 0 Å². The highest BCUT2D eigenvalue weighted by molar-refractivity contribution is 7.85. The first kappa shape index (κ1) is 13.8. The van der Waals surface area contributed by atoms with E-state index >= 15 is 0 Å². The second-order valence-electron chi connectivity index (χ2n) is 3.04. The van der Waals surface area contributed by atoms with Crippen LogP contribution in [0.25, 0.3) is 0 Å². The molecule has 6 nitrogen and oxygen atoms in total. The molecule has 15 heavy (non-hydrogen) atoms. The number of hydrogen-bond donors (Lipinski definition) is 2. The molecule has 0 aromatic carbocycles. The van der Waals surface area contributed by atoms with Crippen molar-refractivity contribution in [2.24, 2.45) is 0 Å². The summed E-state index contributed by atoms with van der Waals surface area (Å²) in [6.45, 7) is 2.44. The molecule has 0 aliphatic rings. The molecule has 0 bridgehead atoms. The molecular formula is C8H13NO5S. The van der Waals surface area contributed by atoms with Gasteiger partial charge in [-0.2, -0.15) is 0 Å². The number of Topliss-reactive ketones (excluding diaryl/α,β-unsaturated/α-hetero) is 1. The number of nitrogens with one attached hydrogen (secondary N) is 1. The monoisotopic (exact) mass is 235 g/mol. The van der Waals surface area contributed by atoms with Crippen LogP contribution >= 0.6 is 0 Å². The molecule has 0 heterocycles. The molecule has 0 radical (unpaired) electrons. The second kappa shape index (κ2) is 6.28. The Morgan fingerprint density at radius 1 is 1.33 bits per heavy atom. The third-order valence-electron chi connectivity index (χ3n) is 1.39. The Morgan fingerprint density at radius 3 is 2.20 bits per heavy atom. The smallest absolute Gasteiger partial charge is 0.327 e. The molecule has 0 aliphatic carbocycles.